The molecule has 2 heterocycles. The fraction of sp³-hybridized carbons (Fsp3) is 0.591. The Morgan fingerprint density at radius 1 is 0.621 bits per heavy atom. The molecule has 0 unspecified atom stereocenters. The third-order valence-corrected chi connectivity index (χ3v) is 15.6. The fourth-order valence-corrected chi connectivity index (χ4v) is 11.7. The van der Waals surface area contributed by atoms with Gasteiger partial charge in [-0.3, -0.25) is 10.7 Å². The number of urea groups is 2. The maximum Gasteiger partial charge on any atom is 0.437 e. The molecule has 2 saturated heterocycles. The molecule has 0 bridgehead atoms. The molecule has 8 rings (SSSR count). The largest absolute Gasteiger partial charge is 0.444 e. The molecule has 2 fully saturated rings. The van der Waals surface area contributed by atoms with Gasteiger partial charge < -0.3 is 35.6 Å². The van der Waals surface area contributed by atoms with Crippen LogP contribution in [0, 0.1) is 5.41 Å². The van der Waals surface area contributed by atoms with Crippen molar-refractivity contribution in [3.63, 3.8) is 0 Å². The lowest BCUT2D eigenvalue weighted by molar-refractivity contribution is 0.0551. The lowest BCUT2D eigenvalue weighted by Crippen LogP contribution is -2.63. The molecule has 2 aliphatic heterocycles. The summed E-state index contributed by atoms with van der Waals surface area (Å²) < 4.78 is 65.5. The Morgan fingerprint density at radius 3 is 1.33 bits per heavy atom. The number of aryl methyl sites for hydroxylation is 4. The van der Waals surface area contributed by atoms with E-state index in [2.05, 4.69) is 42.5 Å². The van der Waals surface area contributed by atoms with E-state index >= 15 is 0 Å². The average Bonchev–Trinajstić information content (AvgIpc) is 3.95. The SMILES string of the molecule is CC(C)(C)OC(=O)N=C(NC(=O)OC(C)(C)C)N1CC(S(=O)(=O)NC(=O)Nc2c3c(cc4c2CCC4)CCC3)C1.N=C(N)N1CC(S(=O)(=O)NC(=O)Nc2c3c(cc4c2CCC4)CCC3)C1. The molecular formula is C44H62N10O10S2. The Labute approximate surface area is 386 Å². The molecule has 2 aromatic rings. The van der Waals surface area contributed by atoms with E-state index in [4.69, 9.17) is 20.6 Å². The number of amides is 6. The van der Waals surface area contributed by atoms with Crippen molar-refractivity contribution in [1.82, 2.24) is 24.6 Å². The molecule has 0 radical (unpaired) electrons. The van der Waals surface area contributed by atoms with Crippen molar-refractivity contribution in [2.24, 2.45) is 10.7 Å². The molecule has 0 atom stereocenters. The number of sulfonamides is 2. The van der Waals surface area contributed by atoms with Gasteiger partial charge in [-0.1, -0.05) is 12.1 Å². The molecule has 6 amide bonds. The number of ether oxygens (including phenoxy) is 2. The number of rotatable bonds is 6. The third-order valence-electron chi connectivity index (χ3n) is 12.3. The minimum absolute atomic E-state index is 0.115. The Kier molecular flexibility index (Phi) is 13.6. The predicted octanol–water partition coefficient (Wildman–Crippen LogP) is 4.31. The first-order chi connectivity index (χ1) is 30.9. The van der Waals surface area contributed by atoms with Crippen LogP contribution >= 0.6 is 0 Å². The van der Waals surface area contributed by atoms with Crippen molar-refractivity contribution in [2.45, 2.75) is 140 Å². The molecule has 360 valence electrons. The number of nitrogens with zero attached hydrogens (tertiary/aromatic N) is 3. The molecule has 22 heteroatoms. The monoisotopic (exact) mass is 954 g/mol. The van der Waals surface area contributed by atoms with Gasteiger partial charge in [-0.25, -0.2) is 45.5 Å². The van der Waals surface area contributed by atoms with Gasteiger partial charge in [0, 0.05) is 37.6 Å². The number of carbonyl (C=O) groups is 4. The maximum absolute atomic E-state index is 13.0. The van der Waals surface area contributed by atoms with E-state index in [1.165, 1.54) is 32.1 Å². The number of guanidine groups is 2. The van der Waals surface area contributed by atoms with Gasteiger partial charge in [-0.15, -0.1) is 4.99 Å². The number of benzene rings is 2. The summed E-state index contributed by atoms with van der Waals surface area (Å²) in [5.74, 6) is -0.355. The van der Waals surface area contributed by atoms with E-state index in [0.29, 0.717) is 0 Å². The third kappa shape index (κ3) is 11.3. The van der Waals surface area contributed by atoms with Crippen molar-refractivity contribution >= 4 is 67.6 Å². The molecule has 8 N–H and O–H groups in total. The second kappa shape index (κ2) is 18.6. The second-order valence-corrected chi connectivity index (χ2v) is 23.6. The maximum atomic E-state index is 13.0. The van der Waals surface area contributed by atoms with Gasteiger partial charge in [0.25, 0.3) is 0 Å². The van der Waals surface area contributed by atoms with Crippen LogP contribution in [0.2, 0.25) is 0 Å². The van der Waals surface area contributed by atoms with E-state index < -0.39 is 66.0 Å². The fourth-order valence-electron chi connectivity index (χ4n) is 9.22. The number of anilines is 2. The number of likely N-dealkylation sites (tertiary alicyclic amines) is 2. The molecule has 0 spiro atoms. The van der Waals surface area contributed by atoms with Crippen LogP contribution in [0.4, 0.5) is 30.6 Å². The number of hydrogen-bond donors (Lipinski definition) is 7. The van der Waals surface area contributed by atoms with Gasteiger partial charge in [0.15, 0.2) is 5.96 Å². The molecule has 66 heavy (non-hydrogen) atoms. The highest BCUT2D eigenvalue weighted by Gasteiger charge is 2.42. The summed E-state index contributed by atoms with van der Waals surface area (Å²) in [7, 11) is -7.86. The van der Waals surface area contributed by atoms with Crippen LogP contribution in [0.3, 0.4) is 0 Å². The summed E-state index contributed by atoms with van der Waals surface area (Å²) in [6.07, 6.45) is 9.82. The van der Waals surface area contributed by atoms with Crippen LogP contribution < -0.4 is 31.1 Å². The summed E-state index contributed by atoms with van der Waals surface area (Å²) in [4.78, 5) is 56.6. The minimum Gasteiger partial charge on any atom is -0.444 e. The molecule has 4 aliphatic carbocycles. The van der Waals surface area contributed by atoms with Gasteiger partial charge in [0.05, 0.1) is 0 Å². The molecular weight excluding hydrogens is 893 g/mol. The zero-order valence-corrected chi connectivity index (χ0v) is 40.1. The molecule has 2 aromatic carbocycles. The average molecular weight is 955 g/mol. The van der Waals surface area contributed by atoms with Crippen molar-refractivity contribution in [1.29, 1.82) is 5.41 Å². The van der Waals surface area contributed by atoms with E-state index in [1.807, 2.05) is 0 Å². The lowest BCUT2D eigenvalue weighted by Gasteiger charge is -2.40. The van der Waals surface area contributed by atoms with Crippen molar-refractivity contribution in [2.75, 3.05) is 36.8 Å². The number of hydrogen-bond acceptors (Lipinski definition) is 11. The summed E-state index contributed by atoms with van der Waals surface area (Å²) in [5.41, 5.74) is 14.8. The second-order valence-electron chi connectivity index (χ2n) is 19.7. The van der Waals surface area contributed by atoms with Crippen LogP contribution in [0.25, 0.3) is 0 Å². The summed E-state index contributed by atoms with van der Waals surface area (Å²) in [5, 5.41) is 13.6. The zero-order chi connectivity index (χ0) is 47.9. The number of carbonyl (C=O) groups excluding carboxylic acids is 4. The number of fused-ring (bicyclic) bond motifs is 4. The highest BCUT2D eigenvalue weighted by atomic mass is 32.2. The van der Waals surface area contributed by atoms with E-state index in [0.717, 1.165) is 111 Å². The highest BCUT2D eigenvalue weighted by Crippen LogP contribution is 2.40. The smallest absolute Gasteiger partial charge is 0.437 e. The first-order valence-corrected chi connectivity index (χ1v) is 25.6. The number of alkyl carbamates (subject to hydrolysis) is 1. The predicted molar refractivity (Wildman–Crippen MR) is 249 cm³/mol. The van der Waals surface area contributed by atoms with Crippen molar-refractivity contribution in [3.05, 3.63) is 56.6 Å². The van der Waals surface area contributed by atoms with Crippen LogP contribution in [-0.2, 0) is 80.9 Å². The summed E-state index contributed by atoms with van der Waals surface area (Å²) >= 11 is 0. The van der Waals surface area contributed by atoms with Gasteiger partial charge in [-0.2, -0.15) is 0 Å². The Balaban J connectivity index is 0.000000214. The lowest BCUT2D eigenvalue weighted by atomic mass is 9.99. The summed E-state index contributed by atoms with van der Waals surface area (Å²) in [6, 6.07) is 2.98. The Morgan fingerprint density at radius 2 is 0.985 bits per heavy atom. The molecule has 6 aliphatic rings. The topological polar surface area (TPSA) is 284 Å². The van der Waals surface area contributed by atoms with Gasteiger partial charge in [0.1, 0.15) is 21.7 Å². The van der Waals surface area contributed by atoms with Crippen LogP contribution in [-0.4, -0.2) is 111 Å². The molecule has 20 nitrogen and oxygen atoms in total. The first-order valence-electron chi connectivity index (χ1n) is 22.5. The molecule has 0 aromatic heterocycles. The standard InChI is InChI=1S/C27H39N5O7S.C17H23N5O3S/c1-26(2,3)38-24(34)29-22(30-25(35)39-27(4,5)6)32-14-18(15-32)40(36,37)31-23(33)28-21-19-11-7-9-16(19)13-17-10-8-12-20(17)21;18-16(19)22-8-12(9-22)26(24,25)21-17(23)20-15-13-5-1-3-10(13)7-11-4-2-6-14(11)15/h13,18H,7-12,14-15H2,1-6H3,(H2,28,31,33)(H,29,30,34,35);7,12H,1-6,8-9H2,(H3,18,19)(H2,20,21,23). The normalized spacial score (nSPS) is 18.0. The number of nitrogens with one attached hydrogen (secondary N) is 6. The molecule has 0 saturated carbocycles. The van der Waals surface area contributed by atoms with Gasteiger partial charge in [-0.05, 0) is 163 Å². The Hall–Kier alpha value is -5.64. The van der Waals surface area contributed by atoms with Gasteiger partial charge >= 0.3 is 24.2 Å². The van der Waals surface area contributed by atoms with Crippen LogP contribution in [0.15, 0.2) is 17.1 Å². The van der Waals surface area contributed by atoms with E-state index in [-0.39, 0.29) is 38.1 Å². The van der Waals surface area contributed by atoms with Crippen molar-refractivity contribution in [3.8, 4) is 0 Å². The van der Waals surface area contributed by atoms with Crippen LogP contribution in [0.1, 0.15) is 112 Å². The first kappa shape index (κ1) is 48.3. The quantitative estimate of drug-likeness (QED) is 0.157. The summed E-state index contributed by atoms with van der Waals surface area (Å²) in [6.45, 7) is 10.1. The van der Waals surface area contributed by atoms with Crippen molar-refractivity contribution < 1.29 is 45.5 Å². The Bertz CT molecular complexity index is 2510. The minimum atomic E-state index is -4.07. The van der Waals surface area contributed by atoms with E-state index in [9.17, 15) is 36.0 Å². The highest BCUT2D eigenvalue weighted by molar-refractivity contribution is 7.91. The number of aliphatic imine (C=N–C) groups is 1. The van der Waals surface area contributed by atoms with E-state index in [1.54, 1.807) is 41.5 Å². The van der Waals surface area contributed by atoms with Gasteiger partial charge in [0.2, 0.25) is 26.0 Å². The zero-order valence-electron chi connectivity index (χ0n) is 38.4. The van der Waals surface area contributed by atoms with Crippen LogP contribution in [0.5, 0.6) is 0 Å². The number of nitrogens with two attached hydrogens (primary N) is 1.